The number of hydrogen-bond acceptors (Lipinski definition) is 4. The molecule has 130 valence electrons. The van der Waals surface area contributed by atoms with Crippen LogP contribution in [-0.4, -0.2) is 24.9 Å². The quantitative estimate of drug-likeness (QED) is 0.818. The van der Waals surface area contributed by atoms with E-state index >= 15 is 0 Å². The van der Waals surface area contributed by atoms with Gasteiger partial charge in [-0.15, -0.1) is 0 Å². The molecule has 25 heavy (non-hydrogen) atoms. The zero-order valence-corrected chi connectivity index (χ0v) is 14.4. The van der Waals surface area contributed by atoms with E-state index in [1.165, 1.54) is 20.1 Å². The molecule has 0 bridgehead atoms. The third-order valence-corrected chi connectivity index (χ3v) is 3.64. The molecule has 2 aromatic rings. The molecule has 0 fully saturated rings. The molecular weight excluding hydrogens is 320 g/mol. The van der Waals surface area contributed by atoms with Crippen molar-refractivity contribution in [2.24, 2.45) is 0 Å². The fraction of sp³-hybridized carbons (Fsp3) is 0.211. The normalized spacial score (nSPS) is 10.0. The summed E-state index contributed by atoms with van der Waals surface area (Å²) in [6, 6.07) is 11.7. The average Bonchev–Trinajstić information content (AvgIpc) is 2.60. The number of carbonyl (C=O) groups is 3. The van der Waals surface area contributed by atoms with Crippen molar-refractivity contribution < 1.29 is 19.1 Å². The molecule has 0 saturated heterocycles. The third-order valence-electron chi connectivity index (χ3n) is 3.64. The van der Waals surface area contributed by atoms with Gasteiger partial charge < -0.3 is 15.4 Å². The molecule has 0 heterocycles. The minimum Gasteiger partial charge on any atom is -0.465 e. The summed E-state index contributed by atoms with van der Waals surface area (Å²) in [5, 5.41) is 5.50. The van der Waals surface area contributed by atoms with E-state index in [1.54, 1.807) is 30.3 Å². The molecule has 0 aliphatic carbocycles. The Kier molecular flexibility index (Phi) is 5.89. The number of anilines is 2. The predicted molar refractivity (Wildman–Crippen MR) is 95.9 cm³/mol. The second-order valence-electron chi connectivity index (χ2n) is 5.40. The van der Waals surface area contributed by atoms with Gasteiger partial charge in [0.05, 0.1) is 18.2 Å². The molecule has 6 heteroatoms. The Morgan fingerprint density at radius 1 is 1.00 bits per heavy atom. The van der Waals surface area contributed by atoms with Crippen LogP contribution in [0.3, 0.4) is 0 Å². The van der Waals surface area contributed by atoms with Crippen LogP contribution in [0, 0.1) is 0 Å². The van der Waals surface area contributed by atoms with Gasteiger partial charge in [0, 0.05) is 18.3 Å². The maximum absolute atomic E-state index is 12.7. The lowest BCUT2D eigenvalue weighted by atomic mass is 10.1. The first-order valence-corrected chi connectivity index (χ1v) is 7.85. The number of nitrogens with one attached hydrogen (secondary N) is 2. The van der Waals surface area contributed by atoms with Crippen molar-refractivity contribution in [1.82, 2.24) is 0 Å². The number of esters is 1. The van der Waals surface area contributed by atoms with Crippen LogP contribution in [-0.2, 0) is 16.0 Å². The Hall–Kier alpha value is -3.15. The fourth-order valence-electron chi connectivity index (χ4n) is 2.44. The lowest BCUT2D eigenvalue weighted by Crippen LogP contribution is -2.18. The summed E-state index contributed by atoms with van der Waals surface area (Å²) >= 11 is 0. The molecule has 2 N–H and O–H groups in total. The topological polar surface area (TPSA) is 84.5 Å². The number of methoxy groups -OCH3 is 1. The molecule has 0 saturated carbocycles. The monoisotopic (exact) mass is 340 g/mol. The number of hydrogen-bond donors (Lipinski definition) is 2. The van der Waals surface area contributed by atoms with Crippen LogP contribution in [0.4, 0.5) is 11.4 Å². The Labute approximate surface area is 146 Å². The summed E-state index contributed by atoms with van der Waals surface area (Å²) in [7, 11) is 1.27. The maximum atomic E-state index is 12.7. The van der Waals surface area contributed by atoms with E-state index in [9.17, 15) is 14.4 Å². The van der Waals surface area contributed by atoms with Crippen LogP contribution in [0.15, 0.2) is 42.5 Å². The summed E-state index contributed by atoms with van der Waals surface area (Å²) in [6.07, 6.45) is 0.703. The van der Waals surface area contributed by atoms with Gasteiger partial charge in [0.2, 0.25) is 5.91 Å². The van der Waals surface area contributed by atoms with Gasteiger partial charge in [-0.25, -0.2) is 4.79 Å². The minimum atomic E-state index is -0.575. The van der Waals surface area contributed by atoms with Crippen LogP contribution >= 0.6 is 0 Å². The predicted octanol–water partition coefficient (Wildman–Crippen LogP) is 3.25. The first kappa shape index (κ1) is 18.2. The van der Waals surface area contributed by atoms with E-state index in [4.69, 9.17) is 4.74 Å². The summed E-state index contributed by atoms with van der Waals surface area (Å²) in [6.45, 7) is 3.38. The SMILES string of the molecule is CCc1ccc(NC(C)=O)cc1NC(=O)c1ccccc1C(=O)OC. The summed E-state index contributed by atoms with van der Waals surface area (Å²) in [4.78, 5) is 35.7. The number of benzene rings is 2. The molecular formula is C19H20N2O4. The average molecular weight is 340 g/mol. The van der Waals surface area contributed by atoms with E-state index in [1.807, 2.05) is 13.0 Å². The van der Waals surface area contributed by atoms with Crippen molar-refractivity contribution in [3.63, 3.8) is 0 Å². The molecule has 2 aromatic carbocycles. The molecule has 0 aliphatic rings. The van der Waals surface area contributed by atoms with E-state index in [0.717, 1.165) is 5.56 Å². The zero-order chi connectivity index (χ0) is 18.4. The van der Waals surface area contributed by atoms with Gasteiger partial charge in [-0.2, -0.15) is 0 Å². The van der Waals surface area contributed by atoms with Crippen molar-refractivity contribution in [3.05, 3.63) is 59.2 Å². The van der Waals surface area contributed by atoms with Gasteiger partial charge in [0.1, 0.15) is 0 Å². The second-order valence-corrected chi connectivity index (χ2v) is 5.40. The highest BCUT2D eigenvalue weighted by Gasteiger charge is 2.18. The molecule has 2 rings (SSSR count). The van der Waals surface area contributed by atoms with Gasteiger partial charge in [0.15, 0.2) is 0 Å². The van der Waals surface area contributed by atoms with Crippen molar-refractivity contribution in [2.45, 2.75) is 20.3 Å². The Morgan fingerprint density at radius 2 is 1.68 bits per heavy atom. The summed E-state index contributed by atoms with van der Waals surface area (Å²) in [5.74, 6) is -1.19. The lowest BCUT2D eigenvalue weighted by Gasteiger charge is -2.13. The largest absolute Gasteiger partial charge is 0.465 e. The Morgan fingerprint density at radius 3 is 2.28 bits per heavy atom. The van der Waals surface area contributed by atoms with Gasteiger partial charge in [-0.3, -0.25) is 9.59 Å². The summed E-state index contributed by atoms with van der Waals surface area (Å²) < 4.78 is 4.72. The molecule has 6 nitrogen and oxygen atoms in total. The molecule has 0 aromatic heterocycles. The molecule has 0 spiro atoms. The van der Waals surface area contributed by atoms with Crippen LogP contribution in [0.1, 0.15) is 40.1 Å². The zero-order valence-electron chi connectivity index (χ0n) is 14.4. The van der Waals surface area contributed by atoms with Gasteiger partial charge in [-0.1, -0.05) is 25.1 Å². The van der Waals surface area contributed by atoms with E-state index in [-0.39, 0.29) is 17.0 Å². The number of aryl methyl sites for hydroxylation is 1. The van der Waals surface area contributed by atoms with Crippen LogP contribution in [0.2, 0.25) is 0 Å². The molecule has 0 atom stereocenters. The summed E-state index contributed by atoms with van der Waals surface area (Å²) in [5.41, 5.74) is 2.50. The fourth-order valence-corrected chi connectivity index (χ4v) is 2.44. The molecule has 0 unspecified atom stereocenters. The van der Waals surface area contributed by atoms with E-state index < -0.39 is 11.9 Å². The van der Waals surface area contributed by atoms with Crippen LogP contribution in [0.5, 0.6) is 0 Å². The lowest BCUT2D eigenvalue weighted by molar-refractivity contribution is -0.114. The number of carbonyl (C=O) groups excluding carboxylic acids is 3. The second kappa shape index (κ2) is 8.10. The first-order chi connectivity index (χ1) is 12.0. The smallest absolute Gasteiger partial charge is 0.338 e. The molecule has 2 amide bonds. The van der Waals surface area contributed by atoms with Crippen LogP contribution < -0.4 is 10.6 Å². The number of rotatable bonds is 5. The van der Waals surface area contributed by atoms with Gasteiger partial charge in [0.25, 0.3) is 5.91 Å². The number of ether oxygens (including phenoxy) is 1. The van der Waals surface area contributed by atoms with E-state index in [2.05, 4.69) is 10.6 Å². The standard InChI is InChI=1S/C19H20N2O4/c1-4-13-9-10-14(20-12(2)22)11-17(13)21-18(23)15-7-5-6-8-16(15)19(24)25-3/h5-11H,4H2,1-3H3,(H,20,22)(H,21,23). The van der Waals surface area contributed by atoms with Crippen molar-refractivity contribution in [2.75, 3.05) is 17.7 Å². The highest BCUT2D eigenvalue weighted by Crippen LogP contribution is 2.23. The van der Waals surface area contributed by atoms with Gasteiger partial charge >= 0.3 is 5.97 Å². The van der Waals surface area contributed by atoms with Crippen molar-refractivity contribution in [3.8, 4) is 0 Å². The van der Waals surface area contributed by atoms with Gasteiger partial charge in [-0.05, 0) is 36.2 Å². The highest BCUT2D eigenvalue weighted by molar-refractivity contribution is 6.11. The third kappa shape index (κ3) is 4.44. The van der Waals surface area contributed by atoms with E-state index in [0.29, 0.717) is 17.8 Å². The van der Waals surface area contributed by atoms with Crippen molar-refractivity contribution >= 4 is 29.2 Å². The Bertz CT molecular complexity index is 815. The highest BCUT2D eigenvalue weighted by atomic mass is 16.5. The number of amides is 2. The first-order valence-electron chi connectivity index (χ1n) is 7.85. The maximum Gasteiger partial charge on any atom is 0.338 e. The van der Waals surface area contributed by atoms with Crippen LogP contribution in [0.25, 0.3) is 0 Å². The molecule has 0 radical (unpaired) electrons. The minimum absolute atomic E-state index is 0.193. The molecule has 0 aliphatic heterocycles. The van der Waals surface area contributed by atoms with Crippen molar-refractivity contribution in [1.29, 1.82) is 0 Å². The Balaban J connectivity index is 2.34.